The van der Waals surface area contributed by atoms with Crippen LogP contribution in [0.5, 0.6) is 0 Å². The Bertz CT molecular complexity index is 838. The second-order valence-corrected chi connectivity index (χ2v) is 11.5. The molecular weight excluding hydrogens is 525 g/mol. The zero-order valence-electron chi connectivity index (χ0n) is 24.5. The zero-order chi connectivity index (χ0) is 30.0. The molecule has 3 N–H and O–H groups in total. The highest BCUT2D eigenvalue weighted by molar-refractivity contribution is 5.86. The van der Waals surface area contributed by atoms with E-state index in [-0.39, 0.29) is 36.6 Å². The summed E-state index contributed by atoms with van der Waals surface area (Å²) < 4.78 is 32.3. The number of alkyl halides is 1. The fraction of sp³-hybridized carbons (Fsp3) is 0.786. The number of alkyl carbamates (subject to hydrolysis) is 3. The van der Waals surface area contributed by atoms with Crippen molar-refractivity contribution >= 4 is 24.2 Å². The number of esters is 1. The molecule has 11 nitrogen and oxygen atoms in total. The summed E-state index contributed by atoms with van der Waals surface area (Å²) in [7, 11) is 0. The molecule has 0 aromatic rings. The van der Waals surface area contributed by atoms with Crippen LogP contribution in [0.4, 0.5) is 18.8 Å². The summed E-state index contributed by atoms with van der Waals surface area (Å²) in [5, 5.41) is 8.19. The highest BCUT2D eigenvalue weighted by Gasteiger charge is 2.42. The highest BCUT2D eigenvalue weighted by atomic mass is 19.1. The largest absolute Gasteiger partial charge is 0.460 e. The number of ether oxygens (including phenoxy) is 4. The Morgan fingerprint density at radius 3 is 1.98 bits per heavy atom. The van der Waals surface area contributed by atoms with E-state index in [4.69, 9.17) is 18.9 Å². The van der Waals surface area contributed by atoms with E-state index in [0.717, 1.165) is 44.9 Å². The van der Waals surface area contributed by atoms with E-state index in [2.05, 4.69) is 43.3 Å². The van der Waals surface area contributed by atoms with Crippen LogP contribution in [0.3, 0.4) is 0 Å². The quantitative estimate of drug-likeness (QED) is 0.0976. The summed E-state index contributed by atoms with van der Waals surface area (Å²) >= 11 is 0. The Balaban J connectivity index is 2.12. The molecule has 0 saturated heterocycles. The maximum Gasteiger partial charge on any atom is 0.407 e. The van der Waals surface area contributed by atoms with Crippen LogP contribution in [0.15, 0.2) is 12.2 Å². The van der Waals surface area contributed by atoms with Crippen LogP contribution in [0.2, 0.25) is 0 Å². The van der Waals surface area contributed by atoms with Gasteiger partial charge in [-0.25, -0.2) is 23.6 Å². The van der Waals surface area contributed by atoms with E-state index in [1.165, 1.54) is 0 Å². The SMILES string of the molecule is C=C(C)C(=O)OCCNC(=O)OCCCCCCCOC(=O)NCC1(C)CC(NC(=O)OCCF)CC(C)(C)C1. The number of nitrogens with one attached hydrogen (secondary N) is 3. The van der Waals surface area contributed by atoms with E-state index in [9.17, 15) is 23.6 Å². The number of unbranched alkanes of at least 4 members (excludes halogenated alkanes) is 4. The number of halogens is 1. The Hall–Kier alpha value is -3.05. The third kappa shape index (κ3) is 16.1. The summed E-state index contributed by atoms with van der Waals surface area (Å²) in [5.41, 5.74) is 0.00995. The second kappa shape index (κ2) is 18.3. The summed E-state index contributed by atoms with van der Waals surface area (Å²) in [6.07, 6.45) is 4.78. The van der Waals surface area contributed by atoms with Crippen LogP contribution >= 0.6 is 0 Å². The molecule has 0 aliphatic heterocycles. The molecule has 40 heavy (non-hydrogen) atoms. The third-order valence-corrected chi connectivity index (χ3v) is 6.44. The lowest BCUT2D eigenvalue weighted by Crippen LogP contribution is -2.50. The first-order valence-electron chi connectivity index (χ1n) is 14.0. The van der Waals surface area contributed by atoms with Gasteiger partial charge in [0.25, 0.3) is 0 Å². The number of hydrogen-bond donors (Lipinski definition) is 3. The molecule has 0 spiro atoms. The molecule has 0 aromatic heterocycles. The summed E-state index contributed by atoms with van der Waals surface area (Å²) in [5.74, 6) is -0.500. The van der Waals surface area contributed by atoms with Crippen molar-refractivity contribution in [2.24, 2.45) is 10.8 Å². The summed E-state index contributed by atoms with van der Waals surface area (Å²) in [6, 6.07) is -0.128. The number of carbonyl (C=O) groups is 4. The van der Waals surface area contributed by atoms with Crippen LogP contribution in [0, 0.1) is 10.8 Å². The van der Waals surface area contributed by atoms with Gasteiger partial charge in [0.15, 0.2) is 0 Å². The maximum absolute atomic E-state index is 12.3. The second-order valence-electron chi connectivity index (χ2n) is 11.5. The molecule has 0 heterocycles. The maximum atomic E-state index is 12.3. The molecule has 1 fully saturated rings. The van der Waals surface area contributed by atoms with Gasteiger partial charge in [0, 0.05) is 18.2 Å². The van der Waals surface area contributed by atoms with E-state index >= 15 is 0 Å². The molecule has 2 unspecified atom stereocenters. The molecule has 230 valence electrons. The number of carbonyl (C=O) groups excluding carboxylic acids is 4. The van der Waals surface area contributed by atoms with E-state index in [1.54, 1.807) is 6.92 Å². The van der Waals surface area contributed by atoms with Gasteiger partial charge in [-0.15, -0.1) is 0 Å². The van der Waals surface area contributed by atoms with Crippen molar-refractivity contribution in [2.75, 3.05) is 46.2 Å². The standard InChI is InChI=1S/C28H48FN3O8/c1-21(2)23(33)37-16-12-30-24(34)38-13-9-7-6-8-10-14-39-25(35)31-20-28(5)18-22(17-27(3,4)19-28)32-26(36)40-15-11-29/h22H,1,6-20H2,2-5H3,(H,30,34)(H,31,35)(H,32,36). The van der Waals surface area contributed by atoms with Gasteiger partial charge in [0.2, 0.25) is 0 Å². The lowest BCUT2D eigenvalue weighted by atomic mass is 9.62. The lowest BCUT2D eigenvalue weighted by Gasteiger charge is -2.46. The van der Waals surface area contributed by atoms with Gasteiger partial charge < -0.3 is 34.9 Å². The van der Waals surface area contributed by atoms with Crippen LogP contribution in [-0.4, -0.2) is 76.5 Å². The fourth-order valence-electron chi connectivity index (χ4n) is 5.08. The van der Waals surface area contributed by atoms with E-state index in [0.29, 0.717) is 31.8 Å². The van der Waals surface area contributed by atoms with Crippen LogP contribution in [0.25, 0.3) is 0 Å². The van der Waals surface area contributed by atoms with Gasteiger partial charge in [-0.3, -0.25) is 0 Å². The first kappa shape index (κ1) is 35.0. The van der Waals surface area contributed by atoms with Crippen LogP contribution in [0.1, 0.15) is 79.1 Å². The molecule has 1 rings (SSSR count). The van der Waals surface area contributed by atoms with Crippen LogP contribution in [-0.2, 0) is 23.7 Å². The fourth-order valence-corrected chi connectivity index (χ4v) is 5.08. The minimum atomic E-state index is -0.720. The van der Waals surface area contributed by atoms with E-state index in [1.807, 2.05) is 0 Å². The van der Waals surface area contributed by atoms with Gasteiger partial charge in [-0.2, -0.15) is 0 Å². The predicted octanol–water partition coefficient (Wildman–Crippen LogP) is 4.79. The number of amides is 3. The minimum absolute atomic E-state index is 0.0490. The Labute approximate surface area is 237 Å². The zero-order valence-corrected chi connectivity index (χ0v) is 24.5. The van der Waals surface area contributed by atoms with Gasteiger partial charge in [-0.05, 0) is 49.9 Å². The molecule has 12 heteroatoms. The highest BCUT2D eigenvalue weighted by Crippen LogP contribution is 2.45. The molecule has 3 amide bonds. The first-order chi connectivity index (χ1) is 18.9. The number of hydrogen-bond acceptors (Lipinski definition) is 8. The Morgan fingerprint density at radius 2 is 1.38 bits per heavy atom. The summed E-state index contributed by atoms with van der Waals surface area (Å²) in [6.45, 7) is 11.6. The molecule has 0 radical (unpaired) electrons. The van der Waals surface area contributed by atoms with Crippen molar-refractivity contribution in [3.05, 3.63) is 12.2 Å². The molecule has 2 atom stereocenters. The van der Waals surface area contributed by atoms with Crippen molar-refractivity contribution in [2.45, 2.75) is 85.1 Å². The van der Waals surface area contributed by atoms with E-state index < -0.39 is 30.9 Å². The molecule has 0 aromatic carbocycles. The van der Waals surface area contributed by atoms with Crippen molar-refractivity contribution in [1.29, 1.82) is 0 Å². The molecule has 1 saturated carbocycles. The lowest BCUT2D eigenvalue weighted by molar-refractivity contribution is -0.138. The van der Waals surface area contributed by atoms with Crippen LogP contribution < -0.4 is 16.0 Å². The monoisotopic (exact) mass is 573 g/mol. The van der Waals surface area contributed by atoms with Gasteiger partial charge in [0.05, 0.1) is 19.8 Å². The topological polar surface area (TPSA) is 141 Å². The first-order valence-corrected chi connectivity index (χ1v) is 14.0. The predicted molar refractivity (Wildman–Crippen MR) is 148 cm³/mol. The minimum Gasteiger partial charge on any atom is -0.460 e. The van der Waals surface area contributed by atoms with Crippen molar-refractivity contribution in [1.82, 2.24) is 16.0 Å². The third-order valence-electron chi connectivity index (χ3n) is 6.44. The van der Waals surface area contributed by atoms with Gasteiger partial charge in [0.1, 0.15) is 19.9 Å². The normalized spacial score (nSPS) is 19.6. The van der Waals surface area contributed by atoms with Crippen molar-refractivity contribution in [3.63, 3.8) is 0 Å². The number of rotatable bonds is 17. The smallest absolute Gasteiger partial charge is 0.407 e. The van der Waals surface area contributed by atoms with Gasteiger partial charge >= 0.3 is 24.2 Å². The van der Waals surface area contributed by atoms with Gasteiger partial charge in [-0.1, -0.05) is 46.6 Å². The Kier molecular flexibility index (Phi) is 16.0. The molecule has 0 bridgehead atoms. The van der Waals surface area contributed by atoms with Crippen molar-refractivity contribution in [3.8, 4) is 0 Å². The molecule has 1 aliphatic rings. The Morgan fingerprint density at radius 1 is 0.800 bits per heavy atom. The summed E-state index contributed by atoms with van der Waals surface area (Å²) in [4.78, 5) is 46.9. The molecular formula is C28H48FN3O8. The average molecular weight is 574 g/mol. The average Bonchev–Trinajstić information content (AvgIpc) is 2.86. The molecule has 1 aliphatic carbocycles. The van der Waals surface area contributed by atoms with Crippen molar-refractivity contribution < 1.29 is 42.5 Å².